The molecular formula is C23H39N7O7. The first-order valence-corrected chi connectivity index (χ1v) is 12.3. The van der Waals surface area contributed by atoms with Gasteiger partial charge >= 0.3 is 11.9 Å². The maximum absolute atomic E-state index is 13.2. The van der Waals surface area contributed by atoms with Gasteiger partial charge in [0, 0.05) is 24.7 Å². The first kappa shape index (κ1) is 31.5. The number of nitrogens with zero attached hydrogens (tertiary/aromatic N) is 1. The van der Waals surface area contributed by atoms with Crippen molar-refractivity contribution in [1.29, 1.82) is 0 Å². The number of nitrogens with one attached hydrogen (secondary N) is 4. The average molecular weight is 526 g/mol. The van der Waals surface area contributed by atoms with Gasteiger partial charge in [-0.2, -0.15) is 0 Å². The molecule has 0 fully saturated rings. The van der Waals surface area contributed by atoms with Gasteiger partial charge in [0.15, 0.2) is 0 Å². The summed E-state index contributed by atoms with van der Waals surface area (Å²) in [5.74, 6) is -4.75. The van der Waals surface area contributed by atoms with Gasteiger partial charge in [-0.1, -0.05) is 20.3 Å². The van der Waals surface area contributed by atoms with Crippen molar-refractivity contribution in [1.82, 2.24) is 25.9 Å². The highest BCUT2D eigenvalue weighted by Gasteiger charge is 2.32. The van der Waals surface area contributed by atoms with E-state index in [1.54, 1.807) is 13.8 Å². The number of aliphatic carboxylic acids is 2. The second-order valence-corrected chi connectivity index (χ2v) is 8.94. The minimum absolute atomic E-state index is 0.00793. The van der Waals surface area contributed by atoms with Crippen LogP contribution in [-0.2, 0) is 30.4 Å². The van der Waals surface area contributed by atoms with E-state index in [4.69, 9.17) is 16.6 Å². The topological polar surface area (TPSA) is 243 Å². The van der Waals surface area contributed by atoms with E-state index in [9.17, 15) is 29.1 Å². The number of carbonyl (C=O) groups excluding carboxylic acids is 3. The Morgan fingerprint density at radius 3 is 2.19 bits per heavy atom. The number of aromatic amines is 1. The van der Waals surface area contributed by atoms with Gasteiger partial charge < -0.3 is 42.6 Å². The molecule has 0 saturated carbocycles. The van der Waals surface area contributed by atoms with Crippen molar-refractivity contribution in [2.45, 2.75) is 83.0 Å². The number of aromatic nitrogens is 2. The van der Waals surface area contributed by atoms with Crippen molar-refractivity contribution >= 4 is 29.7 Å². The fraction of sp³-hybridized carbons (Fsp3) is 0.652. The second kappa shape index (κ2) is 16.3. The van der Waals surface area contributed by atoms with Crippen LogP contribution >= 0.6 is 0 Å². The van der Waals surface area contributed by atoms with Crippen LogP contribution in [0.1, 0.15) is 58.1 Å². The molecule has 1 aromatic heterocycles. The van der Waals surface area contributed by atoms with Crippen molar-refractivity contribution < 1.29 is 34.2 Å². The number of carboxylic acids is 2. The molecule has 0 spiro atoms. The summed E-state index contributed by atoms with van der Waals surface area (Å²) in [6.45, 7) is 3.86. The van der Waals surface area contributed by atoms with E-state index in [0.717, 1.165) is 0 Å². The summed E-state index contributed by atoms with van der Waals surface area (Å²) in [5, 5.41) is 26.0. The molecule has 10 N–H and O–H groups in total. The molecule has 0 aliphatic carbocycles. The highest BCUT2D eigenvalue weighted by Crippen LogP contribution is 2.10. The summed E-state index contributed by atoms with van der Waals surface area (Å²) in [7, 11) is 0. The maximum Gasteiger partial charge on any atom is 0.326 e. The van der Waals surface area contributed by atoms with Crippen LogP contribution in [0.5, 0.6) is 0 Å². The molecule has 14 nitrogen and oxygen atoms in total. The van der Waals surface area contributed by atoms with Crippen molar-refractivity contribution in [3.8, 4) is 0 Å². The van der Waals surface area contributed by atoms with Crippen LogP contribution in [0.15, 0.2) is 12.5 Å². The van der Waals surface area contributed by atoms with Crippen LogP contribution in [0, 0.1) is 5.92 Å². The standard InChI is InChI=1S/C23H39N7O7/c1-3-13(2)19(23(36)37)30-22(35)17(10-14-11-26-12-27-14)29-21(34)16(6-4-5-9-24)28-20(33)15(25)7-8-18(31)32/h11-13,15-17,19H,3-10,24-25H2,1-2H3,(H,26,27)(H,28,33)(H,29,34)(H,30,35)(H,31,32)(H,36,37). The lowest BCUT2D eigenvalue weighted by atomic mass is 9.98. The number of hydrogen-bond donors (Lipinski definition) is 8. The summed E-state index contributed by atoms with van der Waals surface area (Å²) in [6.07, 6.45) is 4.21. The van der Waals surface area contributed by atoms with Crippen LogP contribution in [0.2, 0.25) is 0 Å². The highest BCUT2D eigenvalue weighted by molar-refractivity contribution is 5.94. The zero-order chi connectivity index (χ0) is 28.0. The Labute approximate surface area is 215 Å². The lowest BCUT2D eigenvalue weighted by Crippen LogP contribution is -2.58. The number of nitrogens with two attached hydrogens (primary N) is 2. The van der Waals surface area contributed by atoms with Crippen molar-refractivity contribution in [2.75, 3.05) is 6.54 Å². The number of H-pyrrole nitrogens is 1. The number of carboxylic acid groups (broad SMARTS) is 2. The maximum atomic E-state index is 13.2. The molecule has 1 aromatic rings. The second-order valence-electron chi connectivity index (χ2n) is 8.94. The summed E-state index contributed by atoms with van der Waals surface area (Å²) < 4.78 is 0. The quantitative estimate of drug-likeness (QED) is 0.107. The minimum atomic E-state index is -1.20. The Hall–Kier alpha value is -3.52. The number of hydrogen-bond acceptors (Lipinski definition) is 8. The third kappa shape index (κ3) is 11.4. The smallest absolute Gasteiger partial charge is 0.326 e. The van der Waals surface area contributed by atoms with Gasteiger partial charge in [-0.15, -0.1) is 0 Å². The molecule has 0 radical (unpaired) electrons. The van der Waals surface area contributed by atoms with E-state index < -0.39 is 53.8 Å². The van der Waals surface area contributed by atoms with Gasteiger partial charge in [-0.05, 0) is 38.1 Å². The highest BCUT2D eigenvalue weighted by atomic mass is 16.4. The number of carbonyl (C=O) groups is 5. The van der Waals surface area contributed by atoms with Crippen LogP contribution in [0.4, 0.5) is 0 Å². The molecule has 0 aromatic carbocycles. The molecule has 14 heteroatoms. The summed E-state index contributed by atoms with van der Waals surface area (Å²) >= 11 is 0. The van der Waals surface area contributed by atoms with Gasteiger partial charge in [0.25, 0.3) is 0 Å². The molecule has 0 bridgehead atoms. The van der Waals surface area contributed by atoms with E-state index in [1.165, 1.54) is 12.5 Å². The molecule has 5 unspecified atom stereocenters. The number of amides is 3. The minimum Gasteiger partial charge on any atom is -0.481 e. The van der Waals surface area contributed by atoms with Crippen LogP contribution in [0.25, 0.3) is 0 Å². The Balaban J connectivity index is 3.06. The monoisotopic (exact) mass is 525 g/mol. The molecule has 1 rings (SSSR count). The fourth-order valence-corrected chi connectivity index (χ4v) is 3.49. The van der Waals surface area contributed by atoms with E-state index in [1.807, 2.05) is 0 Å². The first-order valence-electron chi connectivity index (χ1n) is 12.3. The zero-order valence-corrected chi connectivity index (χ0v) is 21.2. The summed E-state index contributed by atoms with van der Waals surface area (Å²) in [4.78, 5) is 68.0. The average Bonchev–Trinajstić information content (AvgIpc) is 3.36. The lowest BCUT2D eigenvalue weighted by Gasteiger charge is -2.26. The van der Waals surface area contributed by atoms with Crippen LogP contribution in [-0.4, -0.2) is 80.6 Å². The third-order valence-corrected chi connectivity index (χ3v) is 5.97. The van der Waals surface area contributed by atoms with Gasteiger partial charge in [0.1, 0.15) is 18.1 Å². The molecule has 37 heavy (non-hydrogen) atoms. The third-order valence-electron chi connectivity index (χ3n) is 5.97. The predicted octanol–water partition coefficient (Wildman–Crippen LogP) is -1.14. The summed E-state index contributed by atoms with van der Waals surface area (Å²) in [6, 6.07) is -4.55. The number of rotatable bonds is 18. The van der Waals surface area contributed by atoms with E-state index in [0.29, 0.717) is 31.5 Å². The molecular weight excluding hydrogens is 486 g/mol. The SMILES string of the molecule is CCC(C)C(NC(=O)C(Cc1cnc[nH]1)NC(=O)C(CCCCN)NC(=O)C(N)CCC(=O)O)C(=O)O. The molecule has 3 amide bonds. The fourth-order valence-electron chi connectivity index (χ4n) is 3.49. The molecule has 5 atom stereocenters. The van der Waals surface area contributed by atoms with E-state index in [-0.39, 0.29) is 31.6 Å². The van der Waals surface area contributed by atoms with Crippen molar-refractivity contribution in [3.63, 3.8) is 0 Å². The van der Waals surface area contributed by atoms with Crippen molar-refractivity contribution in [2.24, 2.45) is 17.4 Å². The lowest BCUT2D eigenvalue weighted by molar-refractivity contribution is -0.144. The normalized spacial score (nSPS) is 15.0. The largest absolute Gasteiger partial charge is 0.481 e. The Bertz CT molecular complexity index is 894. The van der Waals surface area contributed by atoms with Crippen LogP contribution in [0.3, 0.4) is 0 Å². The van der Waals surface area contributed by atoms with E-state index >= 15 is 0 Å². The molecule has 0 saturated heterocycles. The molecule has 1 heterocycles. The number of unbranched alkanes of at least 4 members (excludes halogenated alkanes) is 1. The predicted molar refractivity (Wildman–Crippen MR) is 133 cm³/mol. The van der Waals surface area contributed by atoms with Crippen LogP contribution < -0.4 is 27.4 Å². The van der Waals surface area contributed by atoms with Gasteiger partial charge in [-0.3, -0.25) is 19.2 Å². The molecule has 208 valence electrons. The van der Waals surface area contributed by atoms with E-state index in [2.05, 4.69) is 25.9 Å². The van der Waals surface area contributed by atoms with Gasteiger partial charge in [0.2, 0.25) is 17.7 Å². The molecule has 0 aliphatic heterocycles. The van der Waals surface area contributed by atoms with Gasteiger partial charge in [0.05, 0.1) is 12.4 Å². The number of imidazole rings is 1. The Kier molecular flexibility index (Phi) is 13.9. The molecule has 0 aliphatic rings. The zero-order valence-electron chi connectivity index (χ0n) is 21.2. The van der Waals surface area contributed by atoms with Gasteiger partial charge in [-0.25, -0.2) is 9.78 Å². The Morgan fingerprint density at radius 2 is 1.65 bits per heavy atom. The first-order chi connectivity index (χ1) is 17.5. The Morgan fingerprint density at radius 1 is 1.00 bits per heavy atom. The summed E-state index contributed by atoms with van der Waals surface area (Å²) in [5.41, 5.74) is 11.8. The van der Waals surface area contributed by atoms with Crippen molar-refractivity contribution in [3.05, 3.63) is 18.2 Å².